The van der Waals surface area contributed by atoms with Gasteiger partial charge in [-0.2, -0.15) is 5.10 Å². The number of H-pyrrole nitrogens is 1. The molecule has 0 aliphatic carbocycles. The monoisotopic (exact) mass is 661 g/mol. The maximum absolute atomic E-state index is 15.0. The molecule has 2 heterocycles. The minimum absolute atomic E-state index is 0.0707. The van der Waals surface area contributed by atoms with Crippen molar-refractivity contribution in [2.75, 3.05) is 38.8 Å². The van der Waals surface area contributed by atoms with Crippen LogP contribution in [0.4, 0.5) is 5.69 Å². The Hall–Kier alpha value is -5.51. The molecule has 1 saturated heterocycles. The van der Waals surface area contributed by atoms with E-state index < -0.39 is 0 Å². The number of hydrogen-bond acceptors (Lipinski definition) is 7. The van der Waals surface area contributed by atoms with E-state index in [1.807, 2.05) is 84.6 Å². The predicted octanol–water partition coefficient (Wildman–Crippen LogP) is 6.21. The third-order valence-electron chi connectivity index (χ3n) is 9.25. The fourth-order valence-electron chi connectivity index (χ4n) is 6.79. The van der Waals surface area contributed by atoms with Gasteiger partial charge in [0.15, 0.2) is 0 Å². The Balaban J connectivity index is 1.28. The number of ether oxygens (including phenoxy) is 3. The standard InChI is InChI=1S/C39H43N5O5/c1-4-49-33-23-35(47-2)34(36(24-33)48-3)26-43(25-28-11-7-5-8-12-28)38(45)37(29-13-9-6-10-14-29)30-19-21-42(22-20-30)31-15-17-32(18-16-31)44-27-40-41-39(44)46/h5-18,23-24,27,30,37H,4,19-22,25-26H2,1-3H3,(H,41,46). The number of hydrogen-bond donors (Lipinski definition) is 1. The highest BCUT2D eigenvalue weighted by Gasteiger charge is 2.36. The number of piperidine rings is 1. The maximum Gasteiger partial charge on any atom is 0.347 e. The molecule has 0 bridgehead atoms. The van der Waals surface area contributed by atoms with Gasteiger partial charge in [0.2, 0.25) is 5.91 Å². The number of amides is 1. The lowest BCUT2D eigenvalue weighted by Crippen LogP contribution is -2.42. The summed E-state index contributed by atoms with van der Waals surface area (Å²) in [7, 11) is 3.26. The zero-order valence-corrected chi connectivity index (χ0v) is 28.2. The number of nitrogens with zero attached hydrogens (tertiary/aromatic N) is 4. The average molecular weight is 662 g/mol. The third kappa shape index (κ3) is 7.64. The quantitative estimate of drug-likeness (QED) is 0.160. The van der Waals surface area contributed by atoms with E-state index in [1.165, 1.54) is 10.9 Å². The number of carbonyl (C=O) groups excluding carboxylic acids is 1. The lowest BCUT2D eigenvalue weighted by atomic mass is 9.79. The summed E-state index contributed by atoms with van der Waals surface area (Å²) in [6, 6.07) is 31.9. The van der Waals surface area contributed by atoms with Crippen LogP contribution in [0.1, 0.15) is 42.4 Å². The van der Waals surface area contributed by atoms with Gasteiger partial charge in [-0.3, -0.25) is 4.79 Å². The van der Waals surface area contributed by atoms with E-state index in [1.54, 1.807) is 14.2 Å². The van der Waals surface area contributed by atoms with Gasteiger partial charge in [0.25, 0.3) is 0 Å². The second-order valence-corrected chi connectivity index (χ2v) is 12.2. The highest BCUT2D eigenvalue weighted by atomic mass is 16.5. The number of anilines is 1. The predicted molar refractivity (Wildman–Crippen MR) is 190 cm³/mol. The molecule has 0 saturated carbocycles. The molecule has 4 aromatic carbocycles. The second-order valence-electron chi connectivity index (χ2n) is 12.2. The summed E-state index contributed by atoms with van der Waals surface area (Å²) in [6.45, 7) is 4.81. The molecule has 0 radical (unpaired) electrons. The van der Waals surface area contributed by atoms with Crippen molar-refractivity contribution in [2.24, 2.45) is 5.92 Å². The zero-order valence-electron chi connectivity index (χ0n) is 28.2. The third-order valence-corrected chi connectivity index (χ3v) is 9.25. The largest absolute Gasteiger partial charge is 0.496 e. The number of benzene rings is 4. The van der Waals surface area contributed by atoms with Gasteiger partial charge in [0, 0.05) is 37.5 Å². The Morgan fingerprint density at radius 2 is 1.49 bits per heavy atom. The van der Waals surface area contributed by atoms with Crippen LogP contribution in [0.15, 0.2) is 108 Å². The van der Waals surface area contributed by atoms with Gasteiger partial charge < -0.3 is 24.0 Å². The van der Waals surface area contributed by atoms with Crippen molar-refractivity contribution in [2.45, 2.75) is 38.8 Å². The summed E-state index contributed by atoms with van der Waals surface area (Å²) in [6.07, 6.45) is 3.18. The molecule has 1 aromatic heterocycles. The van der Waals surface area contributed by atoms with Crippen molar-refractivity contribution in [1.29, 1.82) is 0 Å². The topological polar surface area (TPSA) is 102 Å². The van der Waals surface area contributed by atoms with Crippen LogP contribution in [0.25, 0.3) is 5.69 Å². The molecule has 1 aliphatic rings. The maximum atomic E-state index is 15.0. The Morgan fingerprint density at radius 3 is 2.06 bits per heavy atom. The van der Waals surface area contributed by atoms with Crippen LogP contribution in [0.2, 0.25) is 0 Å². The molecular weight excluding hydrogens is 618 g/mol. The lowest BCUT2D eigenvalue weighted by molar-refractivity contribution is -0.135. The number of methoxy groups -OCH3 is 2. The summed E-state index contributed by atoms with van der Waals surface area (Å²) < 4.78 is 18.9. The van der Waals surface area contributed by atoms with Gasteiger partial charge in [-0.1, -0.05) is 60.7 Å². The molecule has 1 fully saturated rings. The molecule has 1 aliphatic heterocycles. The van der Waals surface area contributed by atoms with Crippen molar-refractivity contribution in [3.63, 3.8) is 0 Å². The highest BCUT2D eigenvalue weighted by molar-refractivity contribution is 5.84. The molecule has 1 atom stereocenters. The number of aromatic amines is 1. The SMILES string of the molecule is CCOc1cc(OC)c(CN(Cc2ccccc2)C(=O)C(c2ccccc2)C2CCN(c3ccc(-n4cn[nH]c4=O)cc3)CC2)c(OC)c1. The van der Waals surface area contributed by atoms with Crippen molar-refractivity contribution < 1.29 is 19.0 Å². The summed E-state index contributed by atoms with van der Waals surface area (Å²) in [4.78, 5) is 31.3. The first-order valence-corrected chi connectivity index (χ1v) is 16.7. The fourth-order valence-corrected chi connectivity index (χ4v) is 6.79. The smallest absolute Gasteiger partial charge is 0.347 e. The van der Waals surface area contributed by atoms with Gasteiger partial charge in [-0.25, -0.2) is 14.5 Å². The minimum atomic E-state index is -0.331. The number of aromatic nitrogens is 3. The van der Waals surface area contributed by atoms with Gasteiger partial charge in [0.1, 0.15) is 23.6 Å². The van der Waals surface area contributed by atoms with Crippen LogP contribution >= 0.6 is 0 Å². The van der Waals surface area contributed by atoms with Crippen molar-refractivity contribution in [1.82, 2.24) is 19.7 Å². The zero-order chi connectivity index (χ0) is 34.2. The molecule has 254 valence electrons. The Kier molecular flexibility index (Phi) is 10.6. The van der Waals surface area contributed by atoms with Crippen LogP contribution in [0, 0.1) is 5.92 Å². The van der Waals surface area contributed by atoms with Gasteiger partial charge in [-0.15, -0.1) is 0 Å². The molecule has 49 heavy (non-hydrogen) atoms. The number of rotatable bonds is 13. The summed E-state index contributed by atoms with van der Waals surface area (Å²) in [5.41, 5.74) is 4.42. The molecule has 6 rings (SSSR count). The van der Waals surface area contributed by atoms with E-state index in [9.17, 15) is 4.79 Å². The lowest BCUT2D eigenvalue weighted by Gasteiger charge is -2.39. The Labute approximate surface area is 286 Å². The van der Waals surface area contributed by atoms with Crippen molar-refractivity contribution in [3.8, 4) is 22.9 Å². The van der Waals surface area contributed by atoms with Gasteiger partial charge in [-0.05, 0) is 61.1 Å². The minimum Gasteiger partial charge on any atom is -0.496 e. The normalized spacial score (nSPS) is 13.9. The van der Waals surface area contributed by atoms with E-state index in [2.05, 4.69) is 39.4 Å². The van der Waals surface area contributed by atoms with Crippen LogP contribution in [-0.4, -0.2) is 59.5 Å². The fraction of sp³-hybridized carbons (Fsp3) is 0.308. The van der Waals surface area contributed by atoms with Gasteiger partial charge >= 0.3 is 5.69 Å². The Bertz CT molecular complexity index is 1840. The summed E-state index contributed by atoms with van der Waals surface area (Å²) in [5.74, 6) is 1.75. The van der Waals surface area contributed by atoms with Crippen molar-refractivity contribution in [3.05, 3.63) is 131 Å². The van der Waals surface area contributed by atoms with E-state index in [4.69, 9.17) is 14.2 Å². The average Bonchev–Trinajstić information content (AvgIpc) is 3.58. The molecule has 5 aromatic rings. The first kappa shape index (κ1) is 33.4. The molecule has 1 unspecified atom stereocenters. The van der Waals surface area contributed by atoms with Gasteiger partial charge in [0.05, 0.1) is 44.5 Å². The Morgan fingerprint density at radius 1 is 0.878 bits per heavy atom. The number of nitrogens with one attached hydrogen (secondary N) is 1. The molecule has 10 heteroatoms. The first-order valence-electron chi connectivity index (χ1n) is 16.7. The molecule has 10 nitrogen and oxygen atoms in total. The number of carbonyl (C=O) groups is 1. The summed E-state index contributed by atoms with van der Waals surface area (Å²) in [5, 5.41) is 6.26. The molecule has 1 N–H and O–H groups in total. The molecule has 1 amide bonds. The molecular formula is C39H43N5O5. The van der Waals surface area contributed by atoms with E-state index in [-0.39, 0.29) is 23.4 Å². The first-order chi connectivity index (χ1) is 24.0. The van der Waals surface area contributed by atoms with Crippen LogP contribution < -0.4 is 24.8 Å². The molecule has 0 spiro atoms. The van der Waals surface area contributed by atoms with Crippen LogP contribution in [0.3, 0.4) is 0 Å². The van der Waals surface area contributed by atoms with E-state index in [0.717, 1.165) is 54.0 Å². The highest BCUT2D eigenvalue weighted by Crippen LogP contribution is 2.39. The van der Waals surface area contributed by atoms with E-state index >= 15 is 4.79 Å². The second kappa shape index (κ2) is 15.6. The van der Waals surface area contributed by atoms with E-state index in [0.29, 0.717) is 36.9 Å². The van der Waals surface area contributed by atoms with Crippen LogP contribution in [-0.2, 0) is 17.9 Å². The van der Waals surface area contributed by atoms with Crippen molar-refractivity contribution >= 4 is 11.6 Å². The van der Waals surface area contributed by atoms with Crippen LogP contribution in [0.5, 0.6) is 17.2 Å². The summed E-state index contributed by atoms with van der Waals surface area (Å²) >= 11 is 0.